The van der Waals surface area contributed by atoms with Gasteiger partial charge in [0, 0.05) is 10.0 Å². The number of hydrogen-bond acceptors (Lipinski definition) is 5. The third kappa shape index (κ3) is 3.68. The number of benzene rings is 2. The molecular weight excluding hydrogens is 379 g/mol. The van der Waals surface area contributed by atoms with Crippen LogP contribution in [0.1, 0.15) is 29.3 Å². The summed E-state index contributed by atoms with van der Waals surface area (Å²) in [4.78, 5) is 12.1. The van der Waals surface area contributed by atoms with Gasteiger partial charge in [-0.2, -0.15) is 0 Å². The van der Waals surface area contributed by atoms with Gasteiger partial charge >= 0.3 is 5.97 Å². The van der Waals surface area contributed by atoms with Gasteiger partial charge in [0.1, 0.15) is 5.82 Å². The maximum atomic E-state index is 12.9. The molecule has 0 spiro atoms. The lowest BCUT2D eigenvalue weighted by atomic mass is 10.2. The van der Waals surface area contributed by atoms with E-state index in [9.17, 15) is 9.18 Å². The van der Waals surface area contributed by atoms with Gasteiger partial charge in [-0.25, -0.2) is 9.18 Å². The molecule has 1 atom stereocenters. The van der Waals surface area contributed by atoms with Crippen molar-refractivity contribution in [3.05, 3.63) is 70.3 Å². The summed E-state index contributed by atoms with van der Waals surface area (Å²) >= 11 is 3.30. The molecule has 0 fully saturated rings. The van der Waals surface area contributed by atoms with E-state index in [1.807, 2.05) is 6.07 Å². The van der Waals surface area contributed by atoms with E-state index in [1.165, 1.54) is 24.3 Å². The Hall–Kier alpha value is -2.54. The lowest BCUT2D eigenvalue weighted by Crippen LogP contribution is -2.09. The van der Waals surface area contributed by atoms with Gasteiger partial charge < -0.3 is 9.15 Å². The van der Waals surface area contributed by atoms with E-state index < -0.39 is 12.1 Å². The molecule has 5 nitrogen and oxygen atoms in total. The molecule has 0 saturated carbocycles. The number of rotatable bonds is 4. The molecule has 0 N–H and O–H groups in total. The van der Waals surface area contributed by atoms with Crippen molar-refractivity contribution >= 4 is 21.9 Å². The highest BCUT2D eigenvalue weighted by Crippen LogP contribution is 2.23. The minimum Gasteiger partial charge on any atom is -0.449 e. The van der Waals surface area contributed by atoms with Crippen molar-refractivity contribution in [2.75, 3.05) is 0 Å². The predicted octanol–water partition coefficient (Wildman–Crippen LogP) is 4.56. The average molecular weight is 391 g/mol. The van der Waals surface area contributed by atoms with Crippen LogP contribution in [0.2, 0.25) is 0 Å². The third-order valence-corrected chi connectivity index (χ3v) is 3.72. The van der Waals surface area contributed by atoms with Crippen LogP contribution in [0.5, 0.6) is 0 Å². The normalized spacial score (nSPS) is 12.0. The Morgan fingerprint density at radius 1 is 1.21 bits per heavy atom. The number of aromatic nitrogens is 2. The zero-order valence-corrected chi connectivity index (χ0v) is 14.2. The van der Waals surface area contributed by atoms with E-state index in [0.717, 1.165) is 4.47 Å². The van der Waals surface area contributed by atoms with E-state index in [-0.39, 0.29) is 17.6 Å². The van der Waals surface area contributed by atoms with Crippen LogP contribution in [0, 0.1) is 5.82 Å². The molecule has 1 aromatic heterocycles. The fourth-order valence-corrected chi connectivity index (χ4v) is 2.40. The quantitative estimate of drug-likeness (QED) is 0.611. The van der Waals surface area contributed by atoms with Crippen LogP contribution < -0.4 is 0 Å². The predicted molar refractivity (Wildman–Crippen MR) is 87.7 cm³/mol. The molecule has 0 saturated heterocycles. The van der Waals surface area contributed by atoms with Crippen molar-refractivity contribution in [1.29, 1.82) is 0 Å². The second-order valence-corrected chi connectivity index (χ2v) is 5.93. The molecule has 3 rings (SSSR count). The molecule has 0 aliphatic rings. The molecule has 122 valence electrons. The molecule has 3 aromatic rings. The Morgan fingerprint density at radius 2 is 1.96 bits per heavy atom. The van der Waals surface area contributed by atoms with Crippen LogP contribution in [0.15, 0.2) is 57.4 Å². The highest BCUT2D eigenvalue weighted by molar-refractivity contribution is 9.10. The van der Waals surface area contributed by atoms with Crippen LogP contribution in [0.3, 0.4) is 0 Å². The summed E-state index contributed by atoms with van der Waals surface area (Å²) in [7, 11) is 0. The maximum Gasteiger partial charge on any atom is 0.338 e. The number of hydrogen-bond donors (Lipinski definition) is 0. The van der Waals surface area contributed by atoms with Crippen LogP contribution in [0.25, 0.3) is 11.5 Å². The van der Waals surface area contributed by atoms with E-state index in [4.69, 9.17) is 9.15 Å². The molecule has 7 heteroatoms. The van der Waals surface area contributed by atoms with Crippen LogP contribution >= 0.6 is 15.9 Å². The molecule has 0 unspecified atom stereocenters. The molecule has 1 heterocycles. The van der Waals surface area contributed by atoms with E-state index in [1.54, 1.807) is 25.1 Å². The summed E-state index contributed by atoms with van der Waals surface area (Å²) < 4.78 is 24.6. The topological polar surface area (TPSA) is 65.2 Å². The van der Waals surface area contributed by atoms with Gasteiger partial charge in [-0.1, -0.05) is 22.0 Å². The first kappa shape index (κ1) is 16.3. The highest BCUT2D eigenvalue weighted by atomic mass is 79.9. The summed E-state index contributed by atoms with van der Waals surface area (Å²) in [5.74, 6) is -0.451. The van der Waals surface area contributed by atoms with Crippen molar-refractivity contribution in [3.63, 3.8) is 0 Å². The zero-order valence-electron chi connectivity index (χ0n) is 12.6. The van der Waals surface area contributed by atoms with Crippen molar-refractivity contribution in [2.24, 2.45) is 0 Å². The fourth-order valence-electron chi connectivity index (χ4n) is 2.00. The number of carbonyl (C=O) groups is 1. The lowest BCUT2D eigenvalue weighted by Gasteiger charge is -2.09. The highest BCUT2D eigenvalue weighted by Gasteiger charge is 2.20. The number of esters is 1. The summed E-state index contributed by atoms with van der Waals surface area (Å²) in [5.41, 5.74) is 0.996. The van der Waals surface area contributed by atoms with Gasteiger partial charge in [0.2, 0.25) is 5.89 Å². The van der Waals surface area contributed by atoms with Crippen molar-refractivity contribution in [3.8, 4) is 11.5 Å². The Bertz CT molecular complexity index is 864. The SMILES string of the molecule is C[C@H](OC(=O)c1cccc(Br)c1)c1nnc(-c2ccc(F)cc2)o1. The molecule has 0 radical (unpaired) electrons. The van der Waals surface area contributed by atoms with Gasteiger partial charge in [0.05, 0.1) is 5.56 Å². The number of nitrogens with zero attached hydrogens (tertiary/aromatic N) is 2. The lowest BCUT2D eigenvalue weighted by molar-refractivity contribution is 0.0280. The summed E-state index contributed by atoms with van der Waals surface area (Å²) in [6, 6.07) is 12.5. The number of halogens is 2. The molecule has 24 heavy (non-hydrogen) atoms. The third-order valence-electron chi connectivity index (χ3n) is 3.22. The Morgan fingerprint density at radius 3 is 2.67 bits per heavy atom. The molecule has 0 amide bonds. The second-order valence-electron chi connectivity index (χ2n) is 5.01. The molecular formula is C17H12BrFN2O3. The minimum atomic E-state index is -0.710. The Balaban J connectivity index is 1.73. The van der Waals surface area contributed by atoms with Gasteiger partial charge in [-0.15, -0.1) is 10.2 Å². The van der Waals surface area contributed by atoms with Crippen LogP contribution in [-0.4, -0.2) is 16.2 Å². The zero-order chi connectivity index (χ0) is 17.1. The van der Waals surface area contributed by atoms with Crippen molar-refractivity contribution in [1.82, 2.24) is 10.2 Å². The van der Waals surface area contributed by atoms with Crippen LogP contribution in [0.4, 0.5) is 4.39 Å². The number of carbonyl (C=O) groups excluding carboxylic acids is 1. The Kier molecular flexibility index (Phi) is 4.71. The molecule has 0 aliphatic carbocycles. The molecule has 0 bridgehead atoms. The largest absolute Gasteiger partial charge is 0.449 e. The van der Waals surface area contributed by atoms with Crippen molar-refractivity contribution < 1.29 is 18.3 Å². The standard InChI is InChI=1S/C17H12BrFN2O3/c1-10(23-17(22)12-3-2-4-13(18)9-12)15-20-21-16(24-15)11-5-7-14(19)8-6-11/h2-10H,1H3/t10-/m0/s1. The van der Waals surface area contributed by atoms with Crippen molar-refractivity contribution in [2.45, 2.75) is 13.0 Å². The first-order chi connectivity index (χ1) is 11.5. The fraction of sp³-hybridized carbons (Fsp3) is 0.118. The van der Waals surface area contributed by atoms with Crippen LogP contribution in [-0.2, 0) is 4.74 Å². The molecule has 0 aliphatic heterocycles. The van der Waals surface area contributed by atoms with E-state index >= 15 is 0 Å². The molecule has 2 aromatic carbocycles. The average Bonchev–Trinajstić information content (AvgIpc) is 3.05. The second kappa shape index (κ2) is 6.92. The van der Waals surface area contributed by atoms with Gasteiger partial charge in [0.25, 0.3) is 5.89 Å². The first-order valence-corrected chi connectivity index (χ1v) is 7.88. The van der Waals surface area contributed by atoms with E-state index in [0.29, 0.717) is 11.1 Å². The van der Waals surface area contributed by atoms with E-state index in [2.05, 4.69) is 26.1 Å². The minimum absolute atomic E-state index is 0.165. The summed E-state index contributed by atoms with van der Waals surface area (Å²) in [5, 5.41) is 7.78. The van der Waals surface area contributed by atoms with Gasteiger partial charge in [-0.05, 0) is 49.4 Å². The smallest absolute Gasteiger partial charge is 0.338 e. The monoisotopic (exact) mass is 390 g/mol. The maximum absolute atomic E-state index is 12.9. The first-order valence-electron chi connectivity index (χ1n) is 7.09. The Labute approximate surface area is 145 Å². The van der Waals surface area contributed by atoms with Gasteiger partial charge in [0.15, 0.2) is 6.10 Å². The summed E-state index contributed by atoms with van der Waals surface area (Å²) in [6.07, 6.45) is -0.710. The van der Waals surface area contributed by atoms with Gasteiger partial charge in [-0.3, -0.25) is 0 Å². The number of ether oxygens (including phenoxy) is 1. The summed E-state index contributed by atoms with van der Waals surface area (Å²) in [6.45, 7) is 1.64.